The molecule has 1 amide bonds. The smallest absolute Gasteiger partial charge is 0.354 e. The van der Waals surface area contributed by atoms with Gasteiger partial charge >= 0.3 is 5.69 Å². The van der Waals surface area contributed by atoms with Gasteiger partial charge in [-0.05, 0) is 49.6 Å². The van der Waals surface area contributed by atoms with Gasteiger partial charge in [0.2, 0.25) is 5.91 Å². The summed E-state index contributed by atoms with van der Waals surface area (Å²) in [5.74, 6) is -2.81. The lowest BCUT2D eigenvalue weighted by molar-refractivity contribution is -0.127. The van der Waals surface area contributed by atoms with Crippen LogP contribution in [0.25, 0.3) is 27.7 Å². The van der Waals surface area contributed by atoms with Crippen LogP contribution in [0.2, 0.25) is 5.02 Å². The lowest BCUT2D eigenvalue weighted by atomic mass is 9.98. The van der Waals surface area contributed by atoms with E-state index in [4.69, 9.17) is 16.3 Å². The fourth-order valence-corrected chi connectivity index (χ4v) is 6.67. The van der Waals surface area contributed by atoms with Crippen LogP contribution in [-0.2, 0) is 4.79 Å². The van der Waals surface area contributed by atoms with E-state index in [1.807, 2.05) is 25.7 Å². The van der Waals surface area contributed by atoms with E-state index in [2.05, 4.69) is 16.5 Å². The Bertz CT molecular complexity index is 1910. The molecule has 0 radical (unpaired) electrons. The molecular weight excluding hydrogens is 592 g/mol. The van der Waals surface area contributed by atoms with Gasteiger partial charge in [-0.15, -0.1) is 0 Å². The number of aromatic nitrogens is 3. The quantitative estimate of drug-likeness (QED) is 0.300. The Balaban J connectivity index is 1.78. The number of fused-ring (bicyclic) bond motifs is 2. The second-order valence-electron chi connectivity index (χ2n) is 11.4. The van der Waals surface area contributed by atoms with Crippen molar-refractivity contribution in [2.75, 3.05) is 24.6 Å². The molecule has 2 atom stereocenters. The summed E-state index contributed by atoms with van der Waals surface area (Å²) in [7, 11) is 0. The Hall–Kier alpha value is -4.51. The van der Waals surface area contributed by atoms with Gasteiger partial charge in [0.1, 0.15) is 29.5 Å². The van der Waals surface area contributed by atoms with Gasteiger partial charge in [-0.25, -0.2) is 13.6 Å². The van der Waals surface area contributed by atoms with Crippen molar-refractivity contribution in [1.82, 2.24) is 19.4 Å². The first-order valence-electron chi connectivity index (χ1n) is 14.2. The maximum atomic E-state index is 17.2. The van der Waals surface area contributed by atoms with Gasteiger partial charge in [-0.2, -0.15) is 4.98 Å². The number of hydrogen-bond acceptors (Lipinski definition) is 7. The van der Waals surface area contributed by atoms with E-state index in [1.165, 1.54) is 18.2 Å². The summed E-state index contributed by atoms with van der Waals surface area (Å²) in [5, 5.41) is 10.5. The summed E-state index contributed by atoms with van der Waals surface area (Å²) < 4.78 is 40.0. The monoisotopic (exact) mass is 621 g/mol. The molecule has 4 aromatic rings. The van der Waals surface area contributed by atoms with Crippen molar-refractivity contribution in [2.24, 2.45) is 0 Å². The molecule has 1 fully saturated rings. The first-order valence-corrected chi connectivity index (χ1v) is 14.6. The number of rotatable bonds is 4. The lowest BCUT2D eigenvalue weighted by Crippen LogP contribution is -2.61. The molecule has 2 aliphatic heterocycles. The molecule has 44 heavy (non-hydrogen) atoms. The zero-order chi connectivity index (χ0) is 31.6. The van der Waals surface area contributed by atoms with E-state index >= 15 is 8.78 Å². The molecule has 0 aliphatic carbocycles. The van der Waals surface area contributed by atoms with Crippen molar-refractivity contribution in [3.63, 3.8) is 0 Å². The number of phenols is 1. The van der Waals surface area contributed by atoms with Crippen LogP contribution in [0.15, 0.2) is 47.9 Å². The molecule has 4 heterocycles. The minimum atomic E-state index is -1.04. The highest BCUT2D eigenvalue weighted by molar-refractivity contribution is 6.36. The first kappa shape index (κ1) is 29.6. The Labute approximate surface area is 257 Å². The number of carbonyl (C=O) groups excluding carboxylic acids is 1. The van der Waals surface area contributed by atoms with Crippen LogP contribution in [0.4, 0.5) is 14.6 Å². The molecule has 0 saturated carbocycles. The molecule has 1 N–H and O–H groups in total. The number of benzene rings is 2. The molecule has 9 nitrogen and oxygen atoms in total. The standard InChI is InChI=1S/C32H30ClF2N5O4/c1-6-21(42)38-12-17(5)39-18(13-38)14-44-30-24-29(26(35)23(25(30)33)22-19(34)8-7-9-20(22)41)40(32(43)37-31(24)39)28-16(4)10-11-36-27(28)15(2)3/h6-11,15,17-18,41H,1,12-14H2,2-5H3. The van der Waals surface area contributed by atoms with Crippen LogP contribution in [0.3, 0.4) is 0 Å². The summed E-state index contributed by atoms with van der Waals surface area (Å²) in [6.07, 6.45) is 2.84. The number of hydrogen-bond donors (Lipinski definition) is 1. The van der Waals surface area contributed by atoms with Gasteiger partial charge in [-0.1, -0.05) is 38.1 Å². The largest absolute Gasteiger partial charge is 0.507 e. The lowest BCUT2D eigenvalue weighted by Gasteiger charge is -2.45. The number of halogens is 3. The number of piperazine rings is 1. The fraction of sp³-hybridized carbons (Fsp3) is 0.312. The third kappa shape index (κ3) is 4.40. The number of ether oxygens (including phenoxy) is 1. The van der Waals surface area contributed by atoms with Crippen LogP contribution in [0, 0.1) is 18.6 Å². The van der Waals surface area contributed by atoms with Crippen molar-refractivity contribution >= 4 is 34.2 Å². The van der Waals surface area contributed by atoms with Gasteiger partial charge in [0.25, 0.3) is 0 Å². The molecule has 2 unspecified atom stereocenters. The summed E-state index contributed by atoms with van der Waals surface area (Å²) >= 11 is 6.87. The summed E-state index contributed by atoms with van der Waals surface area (Å²) in [6.45, 7) is 11.5. The molecule has 228 valence electrons. The average molecular weight is 622 g/mol. The van der Waals surface area contributed by atoms with Crippen molar-refractivity contribution < 1.29 is 23.4 Å². The Morgan fingerprint density at radius 1 is 1.23 bits per heavy atom. The number of phenolic OH excluding ortho intramolecular Hbond substituents is 1. The normalized spacial score (nSPS) is 17.8. The highest BCUT2D eigenvalue weighted by atomic mass is 35.5. The van der Waals surface area contributed by atoms with Gasteiger partial charge in [0.05, 0.1) is 33.4 Å². The summed E-state index contributed by atoms with van der Waals surface area (Å²) in [5.41, 5.74) is -0.485. The Morgan fingerprint density at radius 3 is 2.66 bits per heavy atom. The SMILES string of the molecule is C=CC(=O)N1CC(C)N2c3nc(=O)n(-c4c(C)ccnc4C(C)C)c4c(F)c(-c5c(O)cccc5F)c(Cl)c(c34)OCC2C1. The van der Waals surface area contributed by atoms with E-state index in [-0.39, 0.29) is 58.5 Å². The number of aromatic hydroxyl groups is 1. The maximum absolute atomic E-state index is 17.2. The maximum Gasteiger partial charge on any atom is 0.354 e. The number of carbonyl (C=O) groups is 1. The second-order valence-corrected chi connectivity index (χ2v) is 11.8. The predicted octanol–water partition coefficient (Wildman–Crippen LogP) is 5.50. The molecule has 1 saturated heterocycles. The average Bonchev–Trinajstić information content (AvgIpc) is 3.14. The molecule has 2 aliphatic rings. The number of amides is 1. The number of anilines is 1. The van der Waals surface area contributed by atoms with E-state index in [1.54, 1.807) is 24.1 Å². The zero-order valence-electron chi connectivity index (χ0n) is 24.6. The van der Waals surface area contributed by atoms with Gasteiger partial charge < -0.3 is 19.6 Å². The number of pyridine rings is 1. The predicted molar refractivity (Wildman–Crippen MR) is 164 cm³/mol. The van der Waals surface area contributed by atoms with Crippen molar-refractivity contribution in [1.29, 1.82) is 0 Å². The van der Waals surface area contributed by atoms with Gasteiger partial charge in [0.15, 0.2) is 11.6 Å². The third-order valence-corrected chi connectivity index (χ3v) is 8.61. The second kappa shape index (κ2) is 10.9. The summed E-state index contributed by atoms with van der Waals surface area (Å²) in [6, 6.07) is 4.44. The van der Waals surface area contributed by atoms with E-state index in [0.29, 0.717) is 23.5 Å². The van der Waals surface area contributed by atoms with E-state index < -0.39 is 40.2 Å². The van der Waals surface area contributed by atoms with Crippen molar-refractivity contribution in [3.8, 4) is 28.3 Å². The molecule has 2 aromatic heterocycles. The molecule has 2 aromatic carbocycles. The van der Waals surface area contributed by atoms with E-state index in [0.717, 1.165) is 10.6 Å². The van der Waals surface area contributed by atoms with Crippen LogP contribution in [0.5, 0.6) is 11.5 Å². The van der Waals surface area contributed by atoms with E-state index in [9.17, 15) is 14.7 Å². The van der Waals surface area contributed by atoms with Crippen LogP contribution < -0.4 is 15.3 Å². The van der Waals surface area contributed by atoms with Gasteiger partial charge in [-0.3, -0.25) is 14.3 Å². The molecule has 0 spiro atoms. The number of nitrogens with zero attached hydrogens (tertiary/aromatic N) is 5. The molecule has 0 bridgehead atoms. The molecule has 12 heteroatoms. The highest BCUT2D eigenvalue weighted by Crippen LogP contribution is 2.50. The fourth-order valence-electron chi connectivity index (χ4n) is 6.35. The van der Waals surface area contributed by atoms with Crippen LogP contribution in [-0.4, -0.2) is 62.2 Å². The Kier molecular flexibility index (Phi) is 7.31. The number of aryl methyl sites for hydroxylation is 1. The van der Waals surface area contributed by atoms with Crippen molar-refractivity contribution in [2.45, 2.75) is 45.7 Å². The van der Waals surface area contributed by atoms with Gasteiger partial charge in [0, 0.05) is 30.9 Å². The minimum Gasteiger partial charge on any atom is -0.507 e. The van der Waals surface area contributed by atoms with Crippen LogP contribution >= 0.6 is 11.6 Å². The van der Waals surface area contributed by atoms with Crippen LogP contribution in [0.1, 0.15) is 37.9 Å². The Morgan fingerprint density at radius 2 is 1.98 bits per heavy atom. The zero-order valence-corrected chi connectivity index (χ0v) is 25.3. The topological polar surface area (TPSA) is 101 Å². The third-order valence-electron chi connectivity index (χ3n) is 8.25. The molecular formula is C32H30ClF2N5O4. The summed E-state index contributed by atoms with van der Waals surface area (Å²) in [4.78, 5) is 39.2. The minimum absolute atomic E-state index is 0.0118. The molecule has 6 rings (SSSR count). The van der Waals surface area contributed by atoms with Crippen molar-refractivity contribution in [3.05, 3.63) is 81.5 Å². The highest BCUT2D eigenvalue weighted by Gasteiger charge is 2.41. The first-order chi connectivity index (χ1) is 21.0.